The van der Waals surface area contributed by atoms with Crippen LogP contribution in [0.2, 0.25) is 0 Å². The van der Waals surface area contributed by atoms with Gasteiger partial charge in [0, 0.05) is 31.7 Å². The minimum atomic E-state index is -0.372. The summed E-state index contributed by atoms with van der Waals surface area (Å²) < 4.78 is 13.4. The molecule has 5 nitrogen and oxygen atoms in total. The van der Waals surface area contributed by atoms with Gasteiger partial charge in [0.25, 0.3) is 5.91 Å². The largest absolute Gasteiger partial charge is 0.355 e. The van der Waals surface area contributed by atoms with Gasteiger partial charge in [-0.3, -0.25) is 9.79 Å². The summed E-state index contributed by atoms with van der Waals surface area (Å²) in [5.74, 6) is 0.527. The molecule has 24 heavy (non-hydrogen) atoms. The molecule has 0 aromatic heterocycles. The highest BCUT2D eigenvalue weighted by atomic mass is 127. The Kier molecular flexibility index (Phi) is 10.6. The van der Waals surface area contributed by atoms with Crippen LogP contribution in [0.25, 0.3) is 0 Å². The van der Waals surface area contributed by atoms with E-state index in [0.29, 0.717) is 42.1 Å². The predicted molar refractivity (Wildman–Crippen MR) is 108 cm³/mol. The lowest BCUT2D eigenvalue weighted by Crippen LogP contribution is -2.46. The van der Waals surface area contributed by atoms with Gasteiger partial charge in [-0.05, 0) is 37.5 Å². The summed E-state index contributed by atoms with van der Waals surface area (Å²) in [7, 11) is 1.70. The van der Waals surface area contributed by atoms with E-state index < -0.39 is 0 Å². The van der Waals surface area contributed by atoms with Crippen LogP contribution in [0.15, 0.2) is 23.2 Å². The SMILES string of the molecule is CN=C(NCCNC(=O)c1ccc(C)c(F)c1)NC(C)C(C)C.I. The van der Waals surface area contributed by atoms with E-state index in [9.17, 15) is 9.18 Å². The molecule has 0 fully saturated rings. The van der Waals surface area contributed by atoms with Crippen molar-refractivity contribution in [3.05, 3.63) is 35.1 Å². The van der Waals surface area contributed by atoms with E-state index in [1.165, 1.54) is 6.07 Å². The third-order valence-corrected chi connectivity index (χ3v) is 3.73. The predicted octanol–water partition coefficient (Wildman–Crippen LogP) is 2.69. The molecular weight excluding hydrogens is 422 g/mol. The van der Waals surface area contributed by atoms with Gasteiger partial charge in [0.1, 0.15) is 5.82 Å². The fourth-order valence-electron chi connectivity index (χ4n) is 1.77. The number of halogens is 2. The molecule has 3 N–H and O–H groups in total. The van der Waals surface area contributed by atoms with Crippen LogP contribution >= 0.6 is 24.0 Å². The van der Waals surface area contributed by atoms with Gasteiger partial charge in [-0.25, -0.2) is 4.39 Å². The lowest BCUT2D eigenvalue weighted by atomic mass is 10.1. The van der Waals surface area contributed by atoms with Crippen molar-refractivity contribution in [1.82, 2.24) is 16.0 Å². The normalized spacial score (nSPS) is 12.4. The number of benzene rings is 1. The van der Waals surface area contributed by atoms with Crippen LogP contribution in [0, 0.1) is 18.7 Å². The average Bonchev–Trinajstić information content (AvgIpc) is 2.52. The molecule has 1 rings (SSSR count). The Bertz CT molecular complexity index is 564. The van der Waals surface area contributed by atoms with Gasteiger partial charge < -0.3 is 16.0 Å². The second kappa shape index (κ2) is 11.2. The van der Waals surface area contributed by atoms with Crippen LogP contribution in [0.3, 0.4) is 0 Å². The molecular formula is C17H28FIN4O. The van der Waals surface area contributed by atoms with Gasteiger partial charge in [-0.1, -0.05) is 19.9 Å². The molecule has 1 amide bonds. The number of guanidine groups is 1. The number of amides is 1. The second-order valence-corrected chi connectivity index (χ2v) is 5.90. The van der Waals surface area contributed by atoms with Crippen molar-refractivity contribution >= 4 is 35.8 Å². The Labute approximate surface area is 160 Å². The van der Waals surface area contributed by atoms with E-state index in [1.54, 1.807) is 26.1 Å². The topological polar surface area (TPSA) is 65.5 Å². The number of aryl methyl sites for hydroxylation is 1. The molecule has 0 saturated carbocycles. The minimum Gasteiger partial charge on any atom is -0.355 e. The Hall–Kier alpha value is -1.38. The van der Waals surface area contributed by atoms with Crippen molar-refractivity contribution in [2.75, 3.05) is 20.1 Å². The first-order valence-corrected chi connectivity index (χ1v) is 7.86. The summed E-state index contributed by atoms with van der Waals surface area (Å²) in [5, 5.41) is 9.16. The van der Waals surface area contributed by atoms with Crippen LogP contribution in [0.1, 0.15) is 36.7 Å². The summed E-state index contributed by atoms with van der Waals surface area (Å²) in [6.07, 6.45) is 0. The number of nitrogens with one attached hydrogen (secondary N) is 3. The fraction of sp³-hybridized carbons (Fsp3) is 0.529. The molecule has 136 valence electrons. The minimum absolute atomic E-state index is 0. The lowest BCUT2D eigenvalue weighted by molar-refractivity contribution is 0.0954. The van der Waals surface area contributed by atoms with Gasteiger partial charge in [-0.15, -0.1) is 24.0 Å². The molecule has 0 aliphatic carbocycles. The van der Waals surface area contributed by atoms with E-state index in [0.717, 1.165) is 0 Å². The van der Waals surface area contributed by atoms with E-state index in [2.05, 4.69) is 41.7 Å². The van der Waals surface area contributed by atoms with Crippen LogP contribution in [-0.4, -0.2) is 38.0 Å². The van der Waals surface area contributed by atoms with Crippen LogP contribution in [0.4, 0.5) is 4.39 Å². The molecule has 1 aromatic rings. The highest BCUT2D eigenvalue weighted by Gasteiger charge is 2.09. The maximum Gasteiger partial charge on any atom is 0.251 e. The quantitative estimate of drug-likeness (QED) is 0.270. The highest BCUT2D eigenvalue weighted by Crippen LogP contribution is 2.08. The number of nitrogens with zero attached hydrogens (tertiary/aromatic N) is 1. The molecule has 0 bridgehead atoms. The zero-order valence-electron chi connectivity index (χ0n) is 14.9. The Morgan fingerprint density at radius 2 is 1.83 bits per heavy atom. The summed E-state index contributed by atoms with van der Waals surface area (Å²) in [4.78, 5) is 16.1. The van der Waals surface area contributed by atoms with Crippen molar-refractivity contribution in [3.8, 4) is 0 Å². The average molecular weight is 450 g/mol. The maximum atomic E-state index is 13.4. The zero-order valence-corrected chi connectivity index (χ0v) is 17.3. The molecule has 0 aliphatic rings. The number of aliphatic imine (C=N–C) groups is 1. The third-order valence-electron chi connectivity index (χ3n) is 3.73. The number of hydrogen-bond donors (Lipinski definition) is 3. The van der Waals surface area contributed by atoms with Crippen LogP contribution in [-0.2, 0) is 0 Å². The lowest BCUT2D eigenvalue weighted by Gasteiger charge is -2.20. The number of carbonyl (C=O) groups excluding carboxylic acids is 1. The van der Waals surface area contributed by atoms with Crippen LogP contribution in [0.5, 0.6) is 0 Å². The van der Waals surface area contributed by atoms with Gasteiger partial charge in [0.05, 0.1) is 0 Å². The number of carbonyl (C=O) groups is 1. The van der Waals surface area contributed by atoms with E-state index >= 15 is 0 Å². The van der Waals surface area contributed by atoms with Crippen molar-refractivity contribution in [2.24, 2.45) is 10.9 Å². The van der Waals surface area contributed by atoms with E-state index in [4.69, 9.17) is 0 Å². The molecule has 0 aliphatic heterocycles. The summed E-state index contributed by atoms with van der Waals surface area (Å²) in [5.41, 5.74) is 0.849. The molecule has 0 radical (unpaired) electrons. The van der Waals surface area contributed by atoms with Gasteiger partial charge in [-0.2, -0.15) is 0 Å². The second-order valence-electron chi connectivity index (χ2n) is 5.90. The van der Waals surface area contributed by atoms with E-state index in [1.807, 2.05) is 0 Å². The first-order valence-electron chi connectivity index (χ1n) is 7.86. The summed E-state index contributed by atoms with van der Waals surface area (Å²) in [6, 6.07) is 4.77. The van der Waals surface area contributed by atoms with Crippen molar-refractivity contribution in [1.29, 1.82) is 0 Å². The molecule has 1 aromatic carbocycles. The smallest absolute Gasteiger partial charge is 0.251 e. The van der Waals surface area contributed by atoms with Crippen LogP contribution < -0.4 is 16.0 Å². The zero-order chi connectivity index (χ0) is 17.4. The molecule has 0 saturated heterocycles. The van der Waals surface area contributed by atoms with E-state index in [-0.39, 0.29) is 35.7 Å². The monoisotopic (exact) mass is 450 g/mol. The van der Waals surface area contributed by atoms with Gasteiger partial charge in [0.2, 0.25) is 0 Å². The number of rotatable bonds is 6. The van der Waals surface area contributed by atoms with Crippen molar-refractivity contribution in [2.45, 2.75) is 33.7 Å². The van der Waals surface area contributed by atoms with Crippen molar-refractivity contribution < 1.29 is 9.18 Å². The Balaban J connectivity index is 0.00000529. The maximum absolute atomic E-state index is 13.4. The first-order chi connectivity index (χ1) is 10.8. The third kappa shape index (κ3) is 7.46. The summed E-state index contributed by atoms with van der Waals surface area (Å²) >= 11 is 0. The Morgan fingerprint density at radius 1 is 1.21 bits per heavy atom. The van der Waals surface area contributed by atoms with Gasteiger partial charge in [0.15, 0.2) is 5.96 Å². The molecule has 0 heterocycles. The van der Waals surface area contributed by atoms with Crippen molar-refractivity contribution in [3.63, 3.8) is 0 Å². The highest BCUT2D eigenvalue weighted by molar-refractivity contribution is 14.0. The standard InChI is InChI=1S/C17H27FN4O.HI/c1-11(2)13(4)22-17(19-5)21-9-8-20-16(23)14-7-6-12(3)15(18)10-14;/h6-7,10-11,13H,8-9H2,1-5H3,(H,20,23)(H2,19,21,22);1H. The number of hydrogen-bond acceptors (Lipinski definition) is 2. The fourth-order valence-corrected chi connectivity index (χ4v) is 1.77. The molecule has 0 spiro atoms. The first kappa shape index (κ1) is 22.6. The molecule has 7 heteroatoms. The summed E-state index contributed by atoms with van der Waals surface area (Å²) in [6.45, 7) is 8.97. The molecule has 1 atom stereocenters. The molecule has 1 unspecified atom stereocenters. The Morgan fingerprint density at radius 3 is 2.38 bits per heavy atom. The van der Waals surface area contributed by atoms with Gasteiger partial charge >= 0.3 is 0 Å².